The van der Waals surface area contributed by atoms with Crippen LogP contribution in [0.5, 0.6) is 11.5 Å². The molecule has 3 heteroatoms. The van der Waals surface area contributed by atoms with Crippen LogP contribution in [0.3, 0.4) is 0 Å². The molecule has 0 atom stereocenters. The van der Waals surface area contributed by atoms with Crippen LogP contribution in [0.15, 0.2) is 54.6 Å². The Labute approximate surface area is 148 Å². The molecular weight excluding hydrogens is 352 g/mol. The van der Waals surface area contributed by atoms with E-state index in [1.165, 1.54) is 31.2 Å². The highest BCUT2D eigenvalue weighted by atomic mass is 79.9. The Bertz CT molecular complexity index is 525. The van der Waals surface area contributed by atoms with Crippen molar-refractivity contribution in [2.24, 2.45) is 0 Å². The summed E-state index contributed by atoms with van der Waals surface area (Å²) >= 11 is 3.46. The normalized spacial score (nSPS) is 10.5. The van der Waals surface area contributed by atoms with Gasteiger partial charge in [0.05, 0.1) is 6.61 Å². The largest absolute Gasteiger partial charge is 0.494 e. The van der Waals surface area contributed by atoms with Crippen LogP contribution in [-0.2, 0) is 6.61 Å². The summed E-state index contributed by atoms with van der Waals surface area (Å²) in [6, 6.07) is 18.1. The molecule has 2 rings (SSSR count). The summed E-state index contributed by atoms with van der Waals surface area (Å²) in [5, 5.41) is 1.11. The summed E-state index contributed by atoms with van der Waals surface area (Å²) in [6.45, 7) is 1.38. The van der Waals surface area contributed by atoms with Crippen molar-refractivity contribution in [1.29, 1.82) is 0 Å². The molecule has 0 aliphatic heterocycles. The monoisotopic (exact) mass is 376 g/mol. The molecule has 23 heavy (non-hydrogen) atoms. The molecule has 0 heterocycles. The summed E-state index contributed by atoms with van der Waals surface area (Å²) in [5.41, 5.74) is 1.17. The van der Waals surface area contributed by atoms with E-state index in [-0.39, 0.29) is 0 Å². The van der Waals surface area contributed by atoms with E-state index in [4.69, 9.17) is 9.47 Å². The van der Waals surface area contributed by atoms with Crippen molar-refractivity contribution in [3.8, 4) is 11.5 Å². The fourth-order valence-corrected chi connectivity index (χ4v) is 2.69. The van der Waals surface area contributed by atoms with Gasteiger partial charge in [0.25, 0.3) is 0 Å². The number of alkyl halides is 1. The Morgan fingerprint density at radius 2 is 1.26 bits per heavy atom. The third-order valence-corrected chi connectivity index (χ3v) is 4.18. The van der Waals surface area contributed by atoms with Gasteiger partial charge in [-0.05, 0) is 42.7 Å². The van der Waals surface area contributed by atoms with Crippen LogP contribution in [0.1, 0.15) is 37.7 Å². The van der Waals surface area contributed by atoms with Crippen LogP contribution in [0.4, 0.5) is 0 Å². The minimum Gasteiger partial charge on any atom is -0.494 e. The molecule has 0 bridgehead atoms. The Morgan fingerprint density at radius 1 is 0.652 bits per heavy atom. The molecule has 0 saturated carbocycles. The number of halogens is 1. The van der Waals surface area contributed by atoms with Crippen molar-refractivity contribution in [3.05, 3.63) is 60.2 Å². The lowest BCUT2D eigenvalue weighted by atomic mass is 10.2. The van der Waals surface area contributed by atoms with Crippen molar-refractivity contribution in [3.63, 3.8) is 0 Å². The van der Waals surface area contributed by atoms with Gasteiger partial charge in [-0.25, -0.2) is 0 Å². The highest BCUT2D eigenvalue weighted by Crippen LogP contribution is 2.19. The molecule has 0 fully saturated rings. The zero-order valence-corrected chi connectivity index (χ0v) is 15.1. The molecule has 0 amide bonds. The van der Waals surface area contributed by atoms with E-state index >= 15 is 0 Å². The van der Waals surface area contributed by atoms with E-state index in [2.05, 4.69) is 28.1 Å². The second-order valence-electron chi connectivity index (χ2n) is 5.55. The number of benzene rings is 2. The first-order valence-electron chi connectivity index (χ1n) is 8.34. The van der Waals surface area contributed by atoms with Crippen molar-refractivity contribution in [2.75, 3.05) is 11.9 Å². The van der Waals surface area contributed by atoms with Gasteiger partial charge < -0.3 is 9.47 Å². The minimum atomic E-state index is 0.593. The summed E-state index contributed by atoms with van der Waals surface area (Å²) in [7, 11) is 0. The van der Waals surface area contributed by atoms with Crippen molar-refractivity contribution >= 4 is 15.9 Å². The van der Waals surface area contributed by atoms with Crippen molar-refractivity contribution in [1.82, 2.24) is 0 Å². The predicted octanol–water partition coefficient (Wildman–Crippen LogP) is 5.99. The quantitative estimate of drug-likeness (QED) is 0.354. The maximum Gasteiger partial charge on any atom is 0.120 e. The summed E-state index contributed by atoms with van der Waals surface area (Å²) in [5.74, 6) is 1.79. The standard InChI is InChI=1S/C20H25BrO2/c21-15-7-2-1-3-8-16-22-19-11-13-20(14-12-19)23-17-18-9-5-4-6-10-18/h4-6,9-14H,1-3,7-8,15-17H2. The van der Waals surface area contributed by atoms with Crippen LogP contribution in [0, 0.1) is 0 Å². The lowest BCUT2D eigenvalue weighted by molar-refractivity contribution is 0.297. The molecule has 0 unspecified atom stereocenters. The number of hydrogen-bond donors (Lipinski definition) is 0. The Hall–Kier alpha value is -1.48. The highest BCUT2D eigenvalue weighted by Gasteiger charge is 1.98. The molecular formula is C20H25BrO2. The number of hydrogen-bond acceptors (Lipinski definition) is 2. The van der Waals surface area contributed by atoms with Crippen molar-refractivity contribution in [2.45, 2.75) is 38.7 Å². The van der Waals surface area contributed by atoms with Gasteiger partial charge in [0.2, 0.25) is 0 Å². The van der Waals surface area contributed by atoms with Gasteiger partial charge in [0.1, 0.15) is 18.1 Å². The van der Waals surface area contributed by atoms with Crippen LogP contribution < -0.4 is 9.47 Å². The fraction of sp³-hybridized carbons (Fsp3) is 0.400. The zero-order chi connectivity index (χ0) is 16.2. The van der Waals surface area contributed by atoms with Crippen LogP contribution in [0.2, 0.25) is 0 Å². The first kappa shape index (κ1) is 17.9. The van der Waals surface area contributed by atoms with Gasteiger partial charge in [-0.2, -0.15) is 0 Å². The summed E-state index contributed by atoms with van der Waals surface area (Å²) in [4.78, 5) is 0. The zero-order valence-electron chi connectivity index (χ0n) is 13.5. The average molecular weight is 377 g/mol. The van der Waals surface area contributed by atoms with Gasteiger partial charge >= 0.3 is 0 Å². The number of rotatable bonds is 11. The van der Waals surface area contributed by atoms with E-state index in [0.29, 0.717) is 6.61 Å². The Balaban J connectivity index is 1.62. The Kier molecular flexibility index (Phi) is 8.64. The first-order valence-corrected chi connectivity index (χ1v) is 9.46. The molecule has 0 N–H and O–H groups in total. The molecule has 2 aromatic carbocycles. The van der Waals surface area contributed by atoms with E-state index in [0.717, 1.165) is 29.9 Å². The third-order valence-electron chi connectivity index (χ3n) is 3.62. The lowest BCUT2D eigenvalue weighted by Crippen LogP contribution is -1.98. The number of ether oxygens (including phenoxy) is 2. The first-order chi connectivity index (χ1) is 11.4. The van der Waals surface area contributed by atoms with E-state index in [9.17, 15) is 0 Å². The Morgan fingerprint density at radius 3 is 1.96 bits per heavy atom. The minimum absolute atomic E-state index is 0.593. The molecule has 124 valence electrons. The average Bonchev–Trinajstić information content (AvgIpc) is 2.61. The topological polar surface area (TPSA) is 18.5 Å². The molecule has 0 aromatic heterocycles. The van der Waals surface area contributed by atoms with Gasteiger partial charge in [0.15, 0.2) is 0 Å². The molecule has 2 aromatic rings. The predicted molar refractivity (Wildman–Crippen MR) is 99.6 cm³/mol. The van der Waals surface area contributed by atoms with Gasteiger partial charge in [-0.1, -0.05) is 65.5 Å². The highest BCUT2D eigenvalue weighted by molar-refractivity contribution is 9.09. The van der Waals surface area contributed by atoms with Crippen LogP contribution in [-0.4, -0.2) is 11.9 Å². The maximum absolute atomic E-state index is 5.77. The SMILES string of the molecule is BrCCCCCCCOc1ccc(OCc2ccccc2)cc1. The summed E-state index contributed by atoms with van der Waals surface area (Å²) < 4.78 is 11.5. The molecule has 2 nitrogen and oxygen atoms in total. The number of unbranched alkanes of at least 4 members (excludes halogenated alkanes) is 4. The van der Waals surface area contributed by atoms with E-state index in [1.807, 2.05) is 42.5 Å². The molecule has 0 spiro atoms. The van der Waals surface area contributed by atoms with Gasteiger partial charge in [-0.3, -0.25) is 0 Å². The maximum atomic E-state index is 5.77. The molecule has 0 saturated heterocycles. The van der Waals surface area contributed by atoms with Crippen LogP contribution >= 0.6 is 15.9 Å². The second-order valence-corrected chi connectivity index (χ2v) is 6.34. The molecule has 0 aliphatic rings. The van der Waals surface area contributed by atoms with E-state index < -0.39 is 0 Å². The molecule has 0 aliphatic carbocycles. The molecule has 0 radical (unpaired) electrons. The van der Waals surface area contributed by atoms with Gasteiger partial charge in [0, 0.05) is 5.33 Å². The lowest BCUT2D eigenvalue weighted by Gasteiger charge is -2.09. The second kappa shape index (κ2) is 11.1. The smallest absolute Gasteiger partial charge is 0.120 e. The fourth-order valence-electron chi connectivity index (χ4n) is 2.29. The third kappa shape index (κ3) is 7.56. The van der Waals surface area contributed by atoms with E-state index in [1.54, 1.807) is 0 Å². The summed E-state index contributed by atoms with van der Waals surface area (Å²) in [6.07, 6.45) is 6.23. The van der Waals surface area contributed by atoms with Crippen LogP contribution in [0.25, 0.3) is 0 Å². The van der Waals surface area contributed by atoms with Gasteiger partial charge in [-0.15, -0.1) is 0 Å². The van der Waals surface area contributed by atoms with Crippen molar-refractivity contribution < 1.29 is 9.47 Å².